The maximum Gasteiger partial charge on any atom is 0.231 e. The number of carbonyl (C=O) groups excluding carboxylic acids is 1. The molecule has 0 aliphatic carbocycles. The van der Waals surface area contributed by atoms with E-state index in [1.54, 1.807) is 0 Å². The molecule has 0 spiro atoms. The van der Waals surface area contributed by atoms with E-state index in [2.05, 4.69) is 27.9 Å². The summed E-state index contributed by atoms with van der Waals surface area (Å²) in [7, 11) is 0. The third kappa shape index (κ3) is 6.04. The number of nitrogens with two attached hydrogens (primary N) is 1. The first-order chi connectivity index (χ1) is 4.16. The van der Waals surface area contributed by atoms with Crippen molar-refractivity contribution in [1.29, 1.82) is 0 Å². The molecular weight excluding hydrogens is 231 g/mol. The summed E-state index contributed by atoms with van der Waals surface area (Å²) in [5.41, 5.74) is 4.89. The van der Waals surface area contributed by atoms with Gasteiger partial charge in [0, 0.05) is 10.5 Å². The Balaban J connectivity index is 3.16. The Kier molecular flexibility index (Phi) is 5.07. The molecule has 0 rings (SSSR count). The number of alkyl halides is 1. The molecule has 0 saturated heterocycles. The van der Waals surface area contributed by atoms with Crippen molar-refractivity contribution in [3.05, 3.63) is 0 Å². The molecule has 0 aromatic carbocycles. The number of primary amides is 1. The minimum absolute atomic E-state index is 0.282. The van der Waals surface area contributed by atoms with Crippen LogP contribution in [0.25, 0.3) is 0 Å². The summed E-state index contributed by atoms with van der Waals surface area (Å²) in [6.45, 7) is 2.29. The summed E-state index contributed by atoms with van der Waals surface area (Å²) in [6.07, 6.45) is 0. The summed E-state index contributed by atoms with van der Waals surface area (Å²) in [6, 6.07) is 0.373. The number of hydrogen-bond acceptors (Lipinski definition) is 2. The average molecular weight is 242 g/mol. The van der Waals surface area contributed by atoms with E-state index in [0.29, 0.717) is 6.04 Å². The van der Waals surface area contributed by atoms with Gasteiger partial charge in [0.05, 0.1) is 6.54 Å². The van der Waals surface area contributed by atoms with Gasteiger partial charge in [-0.05, 0) is 6.92 Å². The largest absolute Gasteiger partial charge is 0.369 e. The van der Waals surface area contributed by atoms with Crippen LogP contribution >= 0.6 is 22.6 Å². The van der Waals surface area contributed by atoms with Crippen molar-refractivity contribution < 1.29 is 4.79 Å². The van der Waals surface area contributed by atoms with Crippen LogP contribution in [0.5, 0.6) is 0 Å². The highest BCUT2D eigenvalue weighted by molar-refractivity contribution is 14.1. The zero-order chi connectivity index (χ0) is 7.28. The predicted octanol–water partition coefficient (Wildman–Crippen LogP) is -0.115. The van der Waals surface area contributed by atoms with Crippen molar-refractivity contribution in [3.63, 3.8) is 0 Å². The first-order valence-electron chi connectivity index (χ1n) is 2.74. The van der Waals surface area contributed by atoms with Crippen LogP contribution in [0.15, 0.2) is 0 Å². The molecule has 1 atom stereocenters. The standard InChI is InChI=1S/C5H11IN2O/c1-4(2-6)8-3-5(7)9/h4,8H,2-3H2,1H3,(H2,7,9). The van der Waals surface area contributed by atoms with Gasteiger partial charge in [-0.1, -0.05) is 22.6 Å². The monoisotopic (exact) mass is 242 g/mol. The Labute approximate surface area is 68.5 Å². The summed E-state index contributed by atoms with van der Waals surface area (Å²) < 4.78 is 0.991. The van der Waals surface area contributed by atoms with Gasteiger partial charge in [-0.2, -0.15) is 0 Å². The van der Waals surface area contributed by atoms with Gasteiger partial charge in [0.1, 0.15) is 0 Å². The Morgan fingerprint density at radius 1 is 1.89 bits per heavy atom. The van der Waals surface area contributed by atoms with Crippen LogP contribution in [0.3, 0.4) is 0 Å². The lowest BCUT2D eigenvalue weighted by molar-refractivity contribution is -0.117. The lowest BCUT2D eigenvalue weighted by atomic mass is 10.4. The lowest BCUT2D eigenvalue weighted by Crippen LogP contribution is -2.35. The fourth-order valence-electron chi connectivity index (χ4n) is 0.329. The maximum atomic E-state index is 10.2. The summed E-state index contributed by atoms with van der Waals surface area (Å²) in [5.74, 6) is -0.299. The molecule has 0 saturated carbocycles. The molecule has 0 aromatic heterocycles. The molecule has 9 heavy (non-hydrogen) atoms. The van der Waals surface area contributed by atoms with E-state index in [0.717, 1.165) is 4.43 Å². The van der Waals surface area contributed by atoms with Gasteiger partial charge in [0.15, 0.2) is 0 Å². The number of hydrogen-bond donors (Lipinski definition) is 2. The van der Waals surface area contributed by atoms with Gasteiger partial charge in [-0.25, -0.2) is 0 Å². The fourth-order valence-corrected chi connectivity index (χ4v) is 0.641. The van der Waals surface area contributed by atoms with Crippen molar-refractivity contribution in [2.24, 2.45) is 5.73 Å². The van der Waals surface area contributed by atoms with Crippen LogP contribution in [-0.2, 0) is 4.79 Å². The van der Waals surface area contributed by atoms with Crippen LogP contribution in [0, 0.1) is 0 Å². The van der Waals surface area contributed by atoms with Crippen LogP contribution in [0.2, 0.25) is 0 Å². The zero-order valence-electron chi connectivity index (χ0n) is 5.36. The number of halogens is 1. The van der Waals surface area contributed by atoms with Gasteiger partial charge in [-0.3, -0.25) is 4.79 Å². The van der Waals surface area contributed by atoms with Gasteiger partial charge in [0.25, 0.3) is 0 Å². The Morgan fingerprint density at radius 2 is 2.44 bits per heavy atom. The molecule has 4 heteroatoms. The van der Waals surface area contributed by atoms with E-state index < -0.39 is 0 Å². The van der Waals surface area contributed by atoms with Crippen molar-refractivity contribution in [1.82, 2.24) is 5.32 Å². The minimum atomic E-state index is -0.299. The second-order valence-electron chi connectivity index (χ2n) is 1.90. The SMILES string of the molecule is CC(CI)NCC(N)=O. The van der Waals surface area contributed by atoms with Crippen molar-refractivity contribution in [2.75, 3.05) is 11.0 Å². The van der Waals surface area contributed by atoms with Crippen molar-refractivity contribution in [3.8, 4) is 0 Å². The number of carbonyl (C=O) groups is 1. The Hall–Kier alpha value is 0.160. The van der Waals surface area contributed by atoms with E-state index in [4.69, 9.17) is 5.73 Å². The number of amides is 1. The van der Waals surface area contributed by atoms with E-state index in [-0.39, 0.29) is 12.5 Å². The van der Waals surface area contributed by atoms with Gasteiger partial charge in [0.2, 0.25) is 5.91 Å². The molecule has 0 bridgehead atoms. The summed E-state index contributed by atoms with van der Waals surface area (Å²) in [4.78, 5) is 10.2. The van der Waals surface area contributed by atoms with Crippen molar-refractivity contribution >= 4 is 28.5 Å². The number of nitrogens with one attached hydrogen (secondary N) is 1. The third-order valence-electron chi connectivity index (χ3n) is 0.856. The van der Waals surface area contributed by atoms with Crippen molar-refractivity contribution in [2.45, 2.75) is 13.0 Å². The van der Waals surface area contributed by atoms with E-state index >= 15 is 0 Å². The molecule has 0 heterocycles. The molecule has 0 radical (unpaired) electrons. The maximum absolute atomic E-state index is 10.2. The molecule has 0 aliphatic rings. The predicted molar refractivity (Wildman–Crippen MR) is 45.5 cm³/mol. The smallest absolute Gasteiger partial charge is 0.231 e. The number of rotatable bonds is 4. The Morgan fingerprint density at radius 3 is 2.78 bits per heavy atom. The third-order valence-corrected chi connectivity index (χ3v) is 2.18. The molecule has 1 unspecified atom stereocenters. The molecular formula is C5H11IN2O. The highest BCUT2D eigenvalue weighted by atomic mass is 127. The molecule has 3 N–H and O–H groups in total. The average Bonchev–Trinajstić information content (AvgIpc) is 1.83. The minimum Gasteiger partial charge on any atom is -0.369 e. The fraction of sp³-hybridized carbons (Fsp3) is 0.800. The summed E-state index contributed by atoms with van der Waals surface area (Å²) >= 11 is 2.25. The molecule has 3 nitrogen and oxygen atoms in total. The van der Waals surface area contributed by atoms with Crippen LogP contribution in [-0.4, -0.2) is 22.9 Å². The second-order valence-corrected chi connectivity index (χ2v) is 2.78. The van der Waals surface area contributed by atoms with E-state index in [1.807, 2.05) is 6.92 Å². The van der Waals surface area contributed by atoms with Crippen LogP contribution in [0.1, 0.15) is 6.92 Å². The van der Waals surface area contributed by atoms with Crippen LogP contribution < -0.4 is 11.1 Å². The summed E-state index contributed by atoms with van der Waals surface area (Å²) in [5, 5.41) is 2.95. The van der Waals surface area contributed by atoms with Gasteiger partial charge >= 0.3 is 0 Å². The first-order valence-corrected chi connectivity index (χ1v) is 4.27. The van der Waals surface area contributed by atoms with E-state index in [1.165, 1.54) is 0 Å². The normalized spacial score (nSPS) is 13.1. The lowest BCUT2D eigenvalue weighted by Gasteiger charge is -2.06. The highest BCUT2D eigenvalue weighted by Gasteiger charge is 1.98. The zero-order valence-corrected chi connectivity index (χ0v) is 7.51. The topological polar surface area (TPSA) is 55.1 Å². The second kappa shape index (κ2) is 4.99. The molecule has 0 aromatic rings. The Bertz CT molecular complexity index is 97.0. The van der Waals surface area contributed by atoms with Gasteiger partial charge in [-0.15, -0.1) is 0 Å². The highest BCUT2D eigenvalue weighted by Crippen LogP contribution is 1.87. The van der Waals surface area contributed by atoms with E-state index in [9.17, 15) is 4.79 Å². The first kappa shape index (κ1) is 9.16. The molecule has 1 amide bonds. The quantitative estimate of drug-likeness (QED) is 0.533. The van der Waals surface area contributed by atoms with Gasteiger partial charge < -0.3 is 11.1 Å². The molecule has 0 fully saturated rings. The molecule has 0 aliphatic heterocycles. The molecule has 54 valence electrons. The van der Waals surface area contributed by atoms with Crippen LogP contribution in [0.4, 0.5) is 0 Å².